The van der Waals surface area contributed by atoms with E-state index in [1.54, 1.807) is 36.4 Å². The third-order valence-electron chi connectivity index (χ3n) is 3.11. The number of aromatic nitrogens is 2. The number of rotatable bonds is 2. The lowest BCUT2D eigenvalue weighted by Crippen LogP contribution is -2.10. The maximum atomic E-state index is 12.1. The molecular weight excluding hydrogens is 252 g/mol. The highest BCUT2D eigenvalue weighted by Crippen LogP contribution is 2.24. The molecule has 3 aromatic rings. The van der Waals surface area contributed by atoms with Gasteiger partial charge in [0.25, 0.3) is 5.56 Å². The number of fused-ring (bicyclic) bond motifs is 1. The second-order valence-corrected chi connectivity index (χ2v) is 4.42. The van der Waals surface area contributed by atoms with Crippen molar-refractivity contribution in [2.24, 2.45) is 0 Å². The molecule has 4 nitrogen and oxygen atoms in total. The molecule has 3 rings (SSSR count). The number of hydrogen-bond donors (Lipinski definition) is 2. The number of para-hydroxylation sites is 1. The standard InChI is InChI=1S/C16H12N2O2/c1-10(19)11-6-2-3-7-12(11)15-17-14-9-5-4-8-13(14)16(20)18-15/h2-9,19H,1H2,(H,17,18,20). The molecule has 0 spiro atoms. The Morgan fingerprint density at radius 2 is 1.80 bits per heavy atom. The van der Waals surface area contributed by atoms with Crippen molar-refractivity contribution >= 4 is 16.7 Å². The molecule has 2 N–H and O–H groups in total. The number of aliphatic hydroxyl groups is 1. The lowest BCUT2D eigenvalue weighted by molar-refractivity contribution is 0.514. The van der Waals surface area contributed by atoms with Crippen molar-refractivity contribution in [1.82, 2.24) is 9.97 Å². The van der Waals surface area contributed by atoms with Crippen LogP contribution in [0.1, 0.15) is 5.56 Å². The molecule has 4 heteroatoms. The monoisotopic (exact) mass is 264 g/mol. The summed E-state index contributed by atoms with van der Waals surface area (Å²) in [4.78, 5) is 19.3. The van der Waals surface area contributed by atoms with Gasteiger partial charge < -0.3 is 10.1 Å². The molecule has 0 aliphatic carbocycles. The van der Waals surface area contributed by atoms with Gasteiger partial charge in [-0.15, -0.1) is 0 Å². The van der Waals surface area contributed by atoms with Crippen molar-refractivity contribution in [2.45, 2.75) is 0 Å². The number of aliphatic hydroxyl groups excluding tert-OH is 1. The Kier molecular flexibility index (Phi) is 2.84. The van der Waals surface area contributed by atoms with Crippen LogP contribution >= 0.6 is 0 Å². The van der Waals surface area contributed by atoms with E-state index in [0.717, 1.165) is 0 Å². The summed E-state index contributed by atoms with van der Waals surface area (Å²) in [6.07, 6.45) is 0. The Balaban J connectivity index is 2.31. The van der Waals surface area contributed by atoms with Gasteiger partial charge in [0, 0.05) is 11.1 Å². The first-order valence-electron chi connectivity index (χ1n) is 6.13. The van der Waals surface area contributed by atoms with E-state index < -0.39 is 0 Å². The molecule has 0 fully saturated rings. The normalized spacial score (nSPS) is 10.6. The van der Waals surface area contributed by atoms with Gasteiger partial charge in [0.15, 0.2) is 0 Å². The van der Waals surface area contributed by atoms with Crippen molar-refractivity contribution in [1.29, 1.82) is 0 Å². The molecule has 1 heterocycles. The van der Waals surface area contributed by atoms with Crippen LogP contribution in [0, 0.1) is 0 Å². The van der Waals surface area contributed by atoms with E-state index in [2.05, 4.69) is 16.5 Å². The fourth-order valence-electron chi connectivity index (χ4n) is 2.16. The Morgan fingerprint density at radius 3 is 2.60 bits per heavy atom. The van der Waals surface area contributed by atoms with Crippen LogP contribution in [0.5, 0.6) is 0 Å². The van der Waals surface area contributed by atoms with E-state index >= 15 is 0 Å². The van der Waals surface area contributed by atoms with Crippen LogP contribution in [-0.4, -0.2) is 15.1 Å². The van der Waals surface area contributed by atoms with Gasteiger partial charge in [-0.25, -0.2) is 4.98 Å². The molecule has 0 atom stereocenters. The average Bonchev–Trinajstić information content (AvgIpc) is 2.47. The van der Waals surface area contributed by atoms with Gasteiger partial charge in [-0.1, -0.05) is 43.0 Å². The summed E-state index contributed by atoms with van der Waals surface area (Å²) in [5.41, 5.74) is 1.60. The van der Waals surface area contributed by atoms with Gasteiger partial charge in [0.2, 0.25) is 0 Å². The quantitative estimate of drug-likeness (QED) is 0.699. The first kappa shape index (κ1) is 12.2. The van der Waals surface area contributed by atoms with Crippen LogP contribution < -0.4 is 5.56 Å². The molecule has 0 radical (unpaired) electrons. The molecule has 0 saturated carbocycles. The van der Waals surface area contributed by atoms with E-state index in [0.29, 0.717) is 27.9 Å². The Morgan fingerprint density at radius 1 is 1.10 bits per heavy atom. The second-order valence-electron chi connectivity index (χ2n) is 4.42. The Hall–Kier alpha value is -2.88. The number of nitrogens with one attached hydrogen (secondary N) is 1. The number of benzene rings is 2. The topological polar surface area (TPSA) is 66.0 Å². The van der Waals surface area contributed by atoms with Crippen LogP contribution in [0.25, 0.3) is 28.0 Å². The molecule has 2 aromatic carbocycles. The third kappa shape index (κ3) is 1.97. The van der Waals surface area contributed by atoms with E-state index in [-0.39, 0.29) is 11.3 Å². The second kappa shape index (κ2) is 4.66. The third-order valence-corrected chi connectivity index (χ3v) is 3.11. The van der Waals surface area contributed by atoms with Gasteiger partial charge in [-0.2, -0.15) is 0 Å². The minimum atomic E-state index is -0.205. The maximum absolute atomic E-state index is 12.1. The molecule has 0 bridgehead atoms. The number of aromatic amines is 1. The Labute approximate surface area is 115 Å². The molecular formula is C16H12N2O2. The number of nitrogens with zero attached hydrogens (tertiary/aromatic N) is 1. The fraction of sp³-hybridized carbons (Fsp3) is 0. The predicted molar refractivity (Wildman–Crippen MR) is 79.5 cm³/mol. The van der Waals surface area contributed by atoms with Gasteiger partial charge in [0.1, 0.15) is 11.6 Å². The minimum Gasteiger partial charge on any atom is -0.508 e. The summed E-state index contributed by atoms with van der Waals surface area (Å²) >= 11 is 0. The molecule has 0 saturated heterocycles. The predicted octanol–water partition coefficient (Wildman–Crippen LogP) is 3.12. The van der Waals surface area contributed by atoms with E-state index in [4.69, 9.17) is 0 Å². The summed E-state index contributed by atoms with van der Waals surface area (Å²) < 4.78 is 0. The summed E-state index contributed by atoms with van der Waals surface area (Å²) in [7, 11) is 0. The first-order valence-corrected chi connectivity index (χ1v) is 6.13. The summed E-state index contributed by atoms with van der Waals surface area (Å²) in [5, 5.41) is 10.2. The van der Waals surface area contributed by atoms with Gasteiger partial charge >= 0.3 is 0 Å². The summed E-state index contributed by atoms with van der Waals surface area (Å²) in [6, 6.07) is 14.2. The van der Waals surface area contributed by atoms with E-state index in [1.807, 2.05) is 12.1 Å². The van der Waals surface area contributed by atoms with Crippen molar-refractivity contribution in [2.75, 3.05) is 0 Å². The van der Waals surface area contributed by atoms with Gasteiger partial charge in [-0.05, 0) is 12.1 Å². The van der Waals surface area contributed by atoms with Crippen molar-refractivity contribution in [3.8, 4) is 11.4 Å². The highest BCUT2D eigenvalue weighted by molar-refractivity contribution is 5.81. The largest absolute Gasteiger partial charge is 0.508 e. The van der Waals surface area contributed by atoms with Gasteiger partial charge in [-0.3, -0.25) is 4.79 Å². The highest BCUT2D eigenvalue weighted by atomic mass is 16.3. The number of hydrogen-bond acceptors (Lipinski definition) is 3. The molecule has 0 aliphatic heterocycles. The molecule has 98 valence electrons. The summed E-state index contributed by atoms with van der Waals surface area (Å²) in [5.74, 6) is 0.357. The van der Waals surface area contributed by atoms with Crippen molar-refractivity contribution in [3.63, 3.8) is 0 Å². The fourth-order valence-corrected chi connectivity index (χ4v) is 2.16. The van der Waals surface area contributed by atoms with E-state index in [9.17, 15) is 9.90 Å². The van der Waals surface area contributed by atoms with Crippen molar-refractivity contribution in [3.05, 3.63) is 71.0 Å². The lowest BCUT2D eigenvalue weighted by Gasteiger charge is -2.08. The van der Waals surface area contributed by atoms with E-state index in [1.165, 1.54) is 0 Å². The van der Waals surface area contributed by atoms with Gasteiger partial charge in [0.05, 0.1) is 10.9 Å². The zero-order valence-electron chi connectivity index (χ0n) is 10.6. The summed E-state index contributed by atoms with van der Waals surface area (Å²) in [6.45, 7) is 3.53. The molecule has 20 heavy (non-hydrogen) atoms. The lowest BCUT2D eigenvalue weighted by atomic mass is 10.1. The maximum Gasteiger partial charge on any atom is 0.259 e. The highest BCUT2D eigenvalue weighted by Gasteiger charge is 2.10. The van der Waals surface area contributed by atoms with Crippen LogP contribution in [0.15, 0.2) is 59.9 Å². The van der Waals surface area contributed by atoms with Crippen LogP contribution in [0.4, 0.5) is 0 Å². The molecule has 1 aromatic heterocycles. The van der Waals surface area contributed by atoms with Crippen LogP contribution in [-0.2, 0) is 0 Å². The van der Waals surface area contributed by atoms with Crippen LogP contribution in [0.3, 0.4) is 0 Å². The average molecular weight is 264 g/mol. The zero-order chi connectivity index (χ0) is 14.1. The Bertz CT molecular complexity index is 865. The zero-order valence-corrected chi connectivity index (χ0v) is 10.6. The number of H-pyrrole nitrogens is 1. The smallest absolute Gasteiger partial charge is 0.259 e. The van der Waals surface area contributed by atoms with Crippen molar-refractivity contribution < 1.29 is 5.11 Å². The van der Waals surface area contributed by atoms with Crippen LogP contribution in [0.2, 0.25) is 0 Å². The molecule has 0 aliphatic rings. The SMILES string of the molecule is C=C(O)c1ccccc1-c1nc2ccccc2c(=O)[nH]1. The first-order chi connectivity index (χ1) is 9.66. The minimum absolute atomic E-state index is 0.0589. The molecule has 0 amide bonds. The molecule has 0 unspecified atom stereocenters.